The van der Waals surface area contributed by atoms with Crippen molar-refractivity contribution in [3.63, 3.8) is 0 Å². The van der Waals surface area contributed by atoms with Gasteiger partial charge in [0, 0.05) is 37.3 Å². The lowest BCUT2D eigenvalue weighted by Crippen LogP contribution is -2.40. The molecular weight excluding hydrogens is 379 g/mol. The van der Waals surface area contributed by atoms with Crippen molar-refractivity contribution in [2.75, 3.05) is 23.5 Å². The van der Waals surface area contributed by atoms with E-state index in [1.54, 1.807) is 11.7 Å². The predicted octanol–water partition coefficient (Wildman–Crippen LogP) is 5.44. The molecule has 0 atom stereocenters. The number of fused-ring (bicyclic) bond motifs is 1. The highest BCUT2D eigenvalue weighted by Crippen LogP contribution is 2.33. The van der Waals surface area contributed by atoms with Crippen LogP contribution in [0.4, 0.5) is 16.0 Å². The summed E-state index contributed by atoms with van der Waals surface area (Å²) in [6.45, 7) is 14.2. The lowest BCUT2D eigenvalue weighted by Gasteiger charge is -2.27. The fraction of sp³-hybridized carbons (Fsp3) is 0.417. The molecule has 0 saturated carbocycles. The van der Waals surface area contributed by atoms with E-state index in [-0.39, 0.29) is 18.2 Å². The highest BCUT2D eigenvalue weighted by atomic mass is 19.2. The van der Waals surface area contributed by atoms with Crippen LogP contribution in [0.25, 0.3) is 11.3 Å². The molecule has 0 bridgehead atoms. The largest absolute Gasteiger partial charge is 0.374 e. The van der Waals surface area contributed by atoms with Crippen LogP contribution in [-0.4, -0.2) is 30.4 Å². The van der Waals surface area contributed by atoms with Crippen LogP contribution in [0, 0.1) is 6.92 Å². The van der Waals surface area contributed by atoms with Crippen molar-refractivity contribution in [1.82, 2.24) is 10.6 Å². The fourth-order valence-corrected chi connectivity index (χ4v) is 3.66. The molecule has 2 heterocycles. The summed E-state index contributed by atoms with van der Waals surface area (Å²) in [6, 6.07) is 7.93. The Morgan fingerprint density at radius 1 is 1.37 bits per heavy atom. The summed E-state index contributed by atoms with van der Waals surface area (Å²) < 4.78 is 13.6. The first-order chi connectivity index (χ1) is 14.4. The van der Waals surface area contributed by atoms with Crippen LogP contribution in [0.2, 0.25) is 0 Å². The van der Waals surface area contributed by atoms with Crippen LogP contribution in [-0.2, 0) is 6.42 Å². The highest BCUT2D eigenvalue weighted by molar-refractivity contribution is 6.03. The topological polar surface area (TPSA) is 48.5 Å². The minimum Gasteiger partial charge on any atom is -0.374 e. The second-order valence-corrected chi connectivity index (χ2v) is 7.50. The molecule has 0 aliphatic carbocycles. The van der Waals surface area contributed by atoms with Crippen LogP contribution in [0.5, 0.6) is 0 Å². The number of allylic oxidation sites excluding steroid dienone is 1. The van der Waals surface area contributed by atoms with Gasteiger partial charge in [-0.1, -0.05) is 31.6 Å². The number of nitrogens with one attached hydrogen (secondary N) is 1. The molecule has 3 rings (SSSR count). The molecule has 0 radical (unpaired) electrons. The third-order valence-electron chi connectivity index (χ3n) is 5.14. The van der Waals surface area contributed by atoms with E-state index in [2.05, 4.69) is 30.7 Å². The molecule has 0 unspecified atom stereocenters. The Morgan fingerprint density at radius 2 is 2.07 bits per heavy atom. The lowest BCUT2D eigenvalue weighted by atomic mass is 9.99. The fourth-order valence-electron chi connectivity index (χ4n) is 3.66. The van der Waals surface area contributed by atoms with Gasteiger partial charge in [0.1, 0.15) is 0 Å². The minimum atomic E-state index is -0.226. The van der Waals surface area contributed by atoms with Crippen LogP contribution in [0.15, 0.2) is 36.9 Å². The smallest absolute Gasteiger partial charge is 0.170 e. The second kappa shape index (κ2) is 10.3. The number of nitrogens with zero attached hydrogens (tertiary/aromatic N) is 3. The summed E-state index contributed by atoms with van der Waals surface area (Å²) in [5, 5.41) is 1.29. The number of carbonyl (C=O) groups is 1. The zero-order valence-corrected chi connectivity index (χ0v) is 18.9. The zero-order chi connectivity index (χ0) is 22.4. The van der Waals surface area contributed by atoms with Crippen molar-refractivity contribution < 1.29 is 9.28 Å². The summed E-state index contributed by atoms with van der Waals surface area (Å²) in [4.78, 5) is 19.6. The van der Waals surface area contributed by atoms with Gasteiger partial charge in [-0.15, -0.1) is 11.1 Å². The molecule has 1 aliphatic rings. The molecule has 0 amide bonds. The first-order valence-corrected chi connectivity index (χ1v) is 10.5. The lowest BCUT2D eigenvalue weighted by molar-refractivity contribution is 0.0995. The summed E-state index contributed by atoms with van der Waals surface area (Å²) in [7, 11) is 2.08. The van der Waals surface area contributed by atoms with Gasteiger partial charge in [0.2, 0.25) is 0 Å². The quantitative estimate of drug-likeness (QED) is 0.284. The molecule has 1 N–H and O–H groups in total. The van der Waals surface area contributed by atoms with Gasteiger partial charge >= 0.3 is 0 Å². The predicted molar refractivity (Wildman–Crippen MR) is 124 cm³/mol. The number of hydrogen-bond acceptors (Lipinski definition) is 5. The third-order valence-corrected chi connectivity index (χ3v) is 5.14. The number of hydrazine groups is 1. The van der Waals surface area contributed by atoms with Gasteiger partial charge in [0.25, 0.3) is 0 Å². The molecule has 1 aliphatic heterocycles. The number of anilines is 2. The number of benzene rings is 1. The van der Waals surface area contributed by atoms with Crippen molar-refractivity contribution >= 4 is 17.3 Å². The van der Waals surface area contributed by atoms with Crippen molar-refractivity contribution in [3.8, 4) is 11.3 Å². The van der Waals surface area contributed by atoms with Gasteiger partial charge in [-0.05, 0) is 56.5 Å². The van der Waals surface area contributed by atoms with Gasteiger partial charge in [-0.25, -0.2) is 4.98 Å². The molecule has 6 heteroatoms. The molecule has 30 heavy (non-hydrogen) atoms. The SMILES string of the molecule is C=CCC(=O)c1c(C)cc(-c2ccc3c(c2)CCN3C)nc1N(NF)C(C)C.CC. The molecule has 0 spiro atoms. The van der Waals surface area contributed by atoms with Crippen molar-refractivity contribution in [1.29, 1.82) is 0 Å². The number of likely N-dealkylation sites (N-methyl/N-ethyl adjacent to an activating group) is 1. The number of rotatable bonds is 7. The Kier molecular flexibility index (Phi) is 8.12. The Morgan fingerprint density at radius 3 is 2.67 bits per heavy atom. The monoisotopic (exact) mass is 412 g/mol. The normalized spacial score (nSPS) is 12.3. The minimum absolute atomic E-state index is 0.127. The van der Waals surface area contributed by atoms with Crippen LogP contribution in [0.3, 0.4) is 0 Å². The number of carbonyl (C=O) groups excluding carboxylic acids is 1. The number of ketones is 1. The summed E-state index contributed by atoms with van der Waals surface area (Å²) in [5.41, 5.74) is 7.07. The maximum atomic E-state index is 13.6. The molecular formula is C24H33FN4O. The third kappa shape index (κ3) is 4.70. The van der Waals surface area contributed by atoms with Gasteiger partial charge < -0.3 is 4.90 Å². The van der Waals surface area contributed by atoms with Crippen LogP contribution < -0.4 is 15.6 Å². The highest BCUT2D eigenvalue weighted by Gasteiger charge is 2.24. The van der Waals surface area contributed by atoms with Crippen molar-refractivity contribution in [2.24, 2.45) is 0 Å². The van der Waals surface area contributed by atoms with Gasteiger partial charge in [-0.3, -0.25) is 9.80 Å². The van der Waals surface area contributed by atoms with Gasteiger partial charge in [0.05, 0.1) is 11.3 Å². The van der Waals surface area contributed by atoms with E-state index >= 15 is 0 Å². The first kappa shape index (κ1) is 23.5. The van der Waals surface area contributed by atoms with Crippen LogP contribution >= 0.6 is 0 Å². The molecule has 0 saturated heterocycles. The number of aromatic nitrogens is 1. The molecule has 0 fully saturated rings. The Labute approximate surface area is 179 Å². The van der Waals surface area contributed by atoms with Crippen molar-refractivity contribution in [2.45, 2.75) is 53.5 Å². The molecule has 1 aromatic heterocycles. The van der Waals surface area contributed by atoms with E-state index in [0.29, 0.717) is 11.4 Å². The molecule has 5 nitrogen and oxygen atoms in total. The van der Waals surface area contributed by atoms with E-state index in [1.165, 1.54) is 16.3 Å². The molecule has 1 aromatic carbocycles. The van der Waals surface area contributed by atoms with E-state index in [0.717, 1.165) is 29.8 Å². The second-order valence-electron chi connectivity index (χ2n) is 7.50. The maximum Gasteiger partial charge on any atom is 0.170 e. The summed E-state index contributed by atoms with van der Waals surface area (Å²) in [5.74, 6) is 0.176. The number of aryl methyl sites for hydroxylation is 1. The average molecular weight is 413 g/mol. The van der Waals surface area contributed by atoms with E-state index < -0.39 is 0 Å². The standard InChI is InChI=1S/C22H27FN4O.C2H6/c1-6-7-20(28)21-15(4)12-18(24-22(21)27(25-23)14(2)3)16-8-9-19-17(13-16)10-11-26(19)5;1-2/h6,8-9,12-14,25H,1,7,10-11H2,2-5H3;1-2H3. The Bertz CT molecular complexity index is 910. The number of halogens is 1. The molecule has 2 aromatic rings. The Balaban J connectivity index is 0.00000155. The zero-order valence-electron chi connectivity index (χ0n) is 18.9. The first-order valence-electron chi connectivity index (χ1n) is 10.5. The van der Waals surface area contributed by atoms with E-state index in [9.17, 15) is 9.28 Å². The summed E-state index contributed by atoms with van der Waals surface area (Å²) >= 11 is 0. The van der Waals surface area contributed by atoms with Crippen LogP contribution in [0.1, 0.15) is 55.6 Å². The molecule has 162 valence electrons. The van der Waals surface area contributed by atoms with E-state index in [4.69, 9.17) is 4.98 Å². The number of hydrogen-bond donors (Lipinski definition) is 1. The van der Waals surface area contributed by atoms with Gasteiger partial charge in [-0.2, -0.15) is 0 Å². The van der Waals surface area contributed by atoms with Gasteiger partial charge in [0.15, 0.2) is 11.6 Å². The van der Waals surface area contributed by atoms with E-state index in [1.807, 2.05) is 46.8 Å². The number of pyridine rings is 1. The number of Topliss-reactive ketones (excluding diaryl/α,β-unsaturated/α-hetero) is 1. The Hall–Kier alpha value is -2.73. The maximum absolute atomic E-state index is 13.6. The van der Waals surface area contributed by atoms with Crippen molar-refractivity contribution in [3.05, 3.63) is 53.6 Å². The average Bonchev–Trinajstić information content (AvgIpc) is 3.10. The summed E-state index contributed by atoms with van der Waals surface area (Å²) in [6.07, 6.45) is 2.73.